The molecule has 4 nitrogen and oxygen atoms in total. The van der Waals surface area contributed by atoms with E-state index in [1.54, 1.807) is 0 Å². The molecule has 16 heavy (non-hydrogen) atoms. The zero-order valence-electron chi connectivity index (χ0n) is 10.00. The maximum atomic E-state index is 11.9. The molecule has 0 aromatic rings. The van der Waals surface area contributed by atoms with Gasteiger partial charge in [0.25, 0.3) is 5.91 Å². The number of ether oxygens (including phenoxy) is 1. The molecule has 2 aliphatic rings. The fourth-order valence-electron chi connectivity index (χ4n) is 2.43. The van der Waals surface area contributed by atoms with E-state index in [1.807, 2.05) is 0 Å². The van der Waals surface area contributed by atoms with E-state index in [0.29, 0.717) is 19.2 Å². The van der Waals surface area contributed by atoms with Crippen molar-refractivity contribution in [2.75, 3.05) is 19.7 Å². The van der Waals surface area contributed by atoms with E-state index < -0.39 is 0 Å². The minimum absolute atomic E-state index is 0.0618. The van der Waals surface area contributed by atoms with Crippen LogP contribution in [0.4, 0.5) is 0 Å². The summed E-state index contributed by atoms with van der Waals surface area (Å²) in [5, 5.41) is 6.28. The van der Waals surface area contributed by atoms with Gasteiger partial charge in [-0.2, -0.15) is 0 Å². The minimum Gasteiger partial charge on any atom is -0.366 e. The molecule has 4 heteroatoms. The van der Waals surface area contributed by atoms with E-state index in [-0.39, 0.29) is 12.0 Å². The Labute approximate surface area is 97.1 Å². The lowest BCUT2D eigenvalue weighted by Crippen LogP contribution is -2.50. The minimum atomic E-state index is -0.284. The summed E-state index contributed by atoms with van der Waals surface area (Å²) in [5.74, 6) is 0.882. The lowest BCUT2D eigenvalue weighted by molar-refractivity contribution is -0.135. The quantitative estimate of drug-likeness (QED) is 0.727. The molecule has 1 saturated heterocycles. The third-order valence-corrected chi connectivity index (χ3v) is 3.58. The van der Waals surface area contributed by atoms with E-state index in [2.05, 4.69) is 17.6 Å². The van der Waals surface area contributed by atoms with Crippen LogP contribution in [0.3, 0.4) is 0 Å². The first-order valence-corrected chi connectivity index (χ1v) is 6.38. The zero-order chi connectivity index (χ0) is 11.4. The molecule has 1 aliphatic carbocycles. The second-order valence-electron chi connectivity index (χ2n) is 5.03. The third-order valence-electron chi connectivity index (χ3n) is 3.58. The summed E-state index contributed by atoms with van der Waals surface area (Å²) in [6.45, 7) is 4.42. The van der Waals surface area contributed by atoms with Gasteiger partial charge in [0.15, 0.2) is 0 Å². The standard InChI is InChI=1S/C12H22N2O2/c1-9-2-4-10(5-3-9)14-12(15)11-8-13-6-7-16-11/h9-11,13H,2-8H2,1H3,(H,14,15). The highest BCUT2D eigenvalue weighted by molar-refractivity contribution is 5.81. The summed E-state index contributed by atoms with van der Waals surface area (Å²) in [4.78, 5) is 11.9. The van der Waals surface area contributed by atoms with E-state index in [9.17, 15) is 4.79 Å². The van der Waals surface area contributed by atoms with Gasteiger partial charge in [-0.3, -0.25) is 4.79 Å². The van der Waals surface area contributed by atoms with Crippen molar-refractivity contribution < 1.29 is 9.53 Å². The molecular formula is C12H22N2O2. The lowest BCUT2D eigenvalue weighted by Gasteiger charge is -2.29. The van der Waals surface area contributed by atoms with Crippen LogP contribution in [0.1, 0.15) is 32.6 Å². The van der Waals surface area contributed by atoms with Gasteiger partial charge in [-0.05, 0) is 31.6 Å². The molecule has 1 saturated carbocycles. The van der Waals surface area contributed by atoms with Crippen molar-refractivity contribution in [2.45, 2.75) is 44.8 Å². The van der Waals surface area contributed by atoms with Crippen molar-refractivity contribution in [3.63, 3.8) is 0 Å². The van der Waals surface area contributed by atoms with Gasteiger partial charge in [0.1, 0.15) is 6.10 Å². The largest absolute Gasteiger partial charge is 0.366 e. The number of amides is 1. The van der Waals surface area contributed by atoms with Crippen LogP contribution in [0.15, 0.2) is 0 Å². The van der Waals surface area contributed by atoms with Crippen LogP contribution >= 0.6 is 0 Å². The maximum Gasteiger partial charge on any atom is 0.250 e. The summed E-state index contributed by atoms with van der Waals surface area (Å²) >= 11 is 0. The molecule has 2 fully saturated rings. The number of nitrogens with one attached hydrogen (secondary N) is 2. The summed E-state index contributed by atoms with van der Waals surface area (Å²) in [6.07, 6.45) is 4.41. The average molecular weight is 226 g/mol. The van der Waals surface area contributed by atoms with Crippen LogP contribution < -0.4 is 10.6 Å². The van der Waals surface area contributed by atoms with E-state index in [4.69, 9.17) is 4.74 Å². The van der Waals surface area contributed by atoms with E-state index in [0.717, 1.165) is 25.3 Å². The Morgan fingerprint density at radius 3 is 2.69 bits per heavy atom. The summed E-state index contributed by atoms with van der Waals surface area (Å²) in [5.41, 5.74) is 0. The summed E-state index contributed by atoms with van der Waals surface area (Å²) in [6, 6.07) is 0.370. The molecule has 0 spiro atoms. The Morgan fingerprint density at radius 2 is 2.06 bits per heavy atom. The van der Waals surface area contributed by atoms with E-state index in [1.165, 1.54) is 12.8 Å². The Morgan fingerprint density at radius 1 is 1.31 bits per heavy atom. The van der Waals surface area contributed by atoms with Crippen LogP contribution in [0.25, 0.3) is 0 Å². The van der Waals surface area contributed by atoms with Crippen LogP contribution in [0.2, 0.25) is 0 Å². The van der Waals surface area contributed by atoms with Crippen molar-refractivity contribution in [1.82, 2.24) is 10.6 Å². The van der Waals surface area contributed by atoms with E-state index >= 15 is 0 Å². The van der Waals surface area contributed by atoms with Crippen LogP contribution in [-0.4, -0.2) is 37.7 Å². The van der Waals surface area contributed by atoms with Gasteiger partial charge in [0.2, 0.25) is 0 Å². The first kappa shape index (κ1) is 11.9. The molecular weight excluding hydrogens is 204 g/mol. The summed E-state index contributed by atoms with van der Waals surface area (Å²) < 4.78 is 5.43. The molecule has 92 valence electrons. The fraction of sp³-hybridized carbons (Fsp3) is 0.917. The van der Waals surface area contributed by atoms with Crippen LogP contribution in [0, 0.1) is 5.92 Å². The number of carbonyl (C=O) groups excluding carboxylic acids is 1. The Bertz CT molecular complexity index is 231. The molecule has 1 amide bonds. The average Bonchev–Trinajstić information content (AvgIpc) is 2.33. The first-order valence-electron chi connectivity index (χ1n) is 6.38. The molecule has 0 aromatic carbocycles. The van der Waals surface area contributed by atoms with Gasteiger partial charge in [-0.25, -0.2) is 0 Å². The molecule has 0 aromatic heterocycles. The van der Waals surface area contributed by atoms with Crippen molar-refractivity contribution in [3.05, 3.63) is 0 Å². The molecule has 0 bridgehead atoms. The van der Waals surface area contributed by atoms with Gasteiger partial charge < -0.3 is 15.4 Å². The molecule has 2 N–H and O–H groups in total. The fourth-order valence-corrected chi connectivity index (χ4v) is 2.43. The number of hydrogen-bond acceptors (Lipinski definition) is 3. The van der Waals surface area contributed by atoms with Crippen LogP contribution in [-0.2, 0) is 9.53 Å². The Kier molecular flexibility index (Phi) is 4.18. The highest BCUT2D eigenvalue weighted by Crippen LogP contribution is 2.23. The van der Waals surface area contributed by atoms with Gasteiger partial charge >= 0.3 is 0 Å². The second kappa shape index (κ2) is 5.64. The number of carbonyl (C=O) groups is 1. The van der Waals surface area contributed by atoms with Gasteiger partial charge in [0.05, 0.1) is 6.61 Å². The van der Waals surface area contributed by atoms with Gasteiger partial charge in [-0.15, -0.1) is 0 Å². The molecule has 0 radical (unpaired) electrons. The predicted octanol–water partition coefficient (Wildman–Crippen LogP) is 0.670. The Hall–Kier alpha value is -0.610. The maximum absolute atomic E-state index is 11.9. The Balaban J connectivity index is 1.73. The molecule has 2 rings (SSSR count). The molecule has 1 heterocycles. The van der Waals surface area contributed by atoms with Gasteiger partial charge in [0, 0.05) is 19.1 Å². The van der Waals surface area contributed by atoms with Gasteiger partial charge in [-0.1, -0.05) is 6.92 Å². The van der Waals surface area contributed by atoms with Crippen molar-refractivity contribution in [2.24, 2.45) is 5.92 Å². The zero-order valence-corrected chi connectivity index (χ0v) is 10.00. The monoisotopic (exact) mass is 226 g/mol. The first-order chi connectivity index (χ1) is 7.75. The highest BCUT2D eigenvalue weighted by atomic mass is 16.5. The molecule has 1 aliphatic heterocycles. The summed E-state index contributed by atoms with van der Waals surface area (Å²) in [7, 11) is 0. The van der Waals surface area contributed by atoms with Crippen molar-refractivity contribution >= 4 is 5.91 Å². The molecule has 1 unspecified atom stereocenters. The number of morpholine rings is 1. The topological polar surface area (TPSA) is 50.4 Å². The smallest absolute Gasteiger partial charge is 0.250 e. The van der Waals surface area contributed by atoms with Crippen LogP contribution in [0.5, 0.6) is 0 Å². The number of rotatable bonds is 2. The lowest BCUT2D eigenvalue weighted by atomic mass is 9.87. The second-order valence-corrected chi connectivity index (χ2v) is 5.03. The SMILES string of the molecule is CC1CCC(NC(=O)C2CNCCO2)CC1. The molecule has 1 atom stereocenters. The predicted molar refractivity (Wildman–Crippen MR) is 62.2 cm³/mol. The number of hydrogen-bond donors (Lipinski definition) is 2. The highest BCUT2D eigenvalue weighted by Gasteiger charge is 2.25. The normalized spacial score (nSPS) is 35.7. The van der Waals surface area contributed by atoms with Crippen molar-refractivity contribution in [1.29, 1.82) is 0 Å². The third kappa shape index (κ3) is 3.19. The van der Waals surface area contributed by atoms with Crippen molar-refractivity contribution in [3.8, 4) is 0 Å².